The van der Waals surface area contributed by atoms with Crippen LogP contribution in [0.2, 0.25) is 0 Å². The molecule has 0 fully saturated rings. The summed E-state index contributed by atoms with van der Waals surface area (Å²) in [5.41, 5.74) is 0. The first-order valence-corrected chi connectivity index (χ1v) is 10.6. The van der Waals surface area contributed by atoms with Crippen LogP contribution in [0.3, 0.4) is 0 Å². The van der Waals surface area contributed by atoms with E-state index in [4.69, 9.17) is 0 Å². The Labute approximate surface area is 159 Å². The summed E-state index contributed by atoms with van der Waals surface area (Å²) in [6.07, 6.45) is -6.39. The molecule has 0 radical (unpaired) electrons. The average Bonchev–Trinajstić information content (AvgIpc) is 2.55. The van der Waals surface area contributed by atoms with Crippen molar-refractivity contribution in [3.63, 3.8) is 0 Å². The van der Waals surface area contributed by atoms with E-state index in [9.17, 15) is 34.8 Å². The number of alkyl halides is 6. The Morgan fingerprint density at radius 3 is 2.00 bits per heavy atom. The van der Waals surface area contributed by atoms with Gasteiger partial charge in [-0.05, 0) is 24.6 Å². The van der Waals surface area contributed by atoms with Gasteiger partial charge in [0.1, 0.15) is 20.8 Å². The molecule has 5 nitrogen and oxygen atoms in total. The molecule has 0 aromatic heterocycles. The molecule has 0 heterocycles. The summed E-state index contributed by atoms with van der Waals surface area (Å²) >= 11 is 1.93. The highest BCUT2D eigenvalue weighted by Crippen LogP contribution is 2.33. The summed E-state index contributed by atoms with van der Waals surface area (Å²) < 4.78 is 111. The van der Waals surface area contributed by atoms with E-state index in [1.807, 2.05) is 0 Å². The number of ether oxygens (including phenoxy) is 2. The second-order valence-electron chi connectivity index (χ2n) is 4.66. The topological polar surface area (TPSA) is 65.0 Å². The van der Waals surface area contributed by atoms with Crippen LogP contribution in [0, 0.1) is 0 Å². The van der Waals surface area contributed by atoms with Gasteiger partial charge in [0.25, 0.3) is 10.0 Å². The highest BCUT2D eigenvalue weighted by Gasteiger charge is 2.31. The molecule has 0 aliphatic rings. The van der Waals surface area contributed by atoms with Gasteiger partial charge in [0.05, 0.1) is 0 Å². The lowest BCUT2D eigenvalue weighted by Crippen LogP contribution is -2.21. The molecule has 154 valence electrons. The average molecular weight is 457 g/mol. The fraction of sp³-hybridized carbons (Fsp3) is 0.462. The van der Waals surface area contributed by atoms with Crippen molar-refractivity contribution in [1.29, 1.82) is 0 Å². The maximum Gasteiger partial charge on any atom is 0.422 e. The predicted molar refractivity (Wildman–Crippen MR) is 91.2 cm³/mol. The molecule has 0 bridgehead atoms. The van der Waals surface area contributed by atoms with Crippen LogP contribution in [0.1, 0.15) is 0 Å². The van der Waals surface area contributed by atoms with Gasteiger partial charge in [-0.1, -0.05) is 0 Å². The van der Waals surface area contributed by atoms with E-state index >= 15 is 0 Å². The number of hydrogen-bond acceptors (Lipinski definition) is 6. The van der Waals surface area contributed by atoms with Gasteiger partial charge in [0.15, 0.2) is 13.2 Å². The second-order valence-corrected chi connectivity index (χ2v) is 8.08. The van der Waals surface area contributed by atoms with Crippen LogP contribution in [-0.4, -0.2) is 50.9 Å². The lowest BCUT2D eigenvalue weighted by molar-refractivity contribution is -0.154. The maximum atomic E-state index is 12.4. The van der Waals surface area contributed by atoms with Crippen LogP contribution in [0.5, 0.6) is 11.5 Å². The summed E-state index contributed by atoms with van der Waals surface area (Å²) in [6, 6.07) is 2.27. The van der Waals surface area contributed by atoms with E-state index in [0.29, 0.717) is 6.07 Å². The molecule has 1 aromatic carbocycles. The van der Waals surface area contributed by atoms with Crippen molar-refractivity contribution in [3.05, 3.63) is 18.2 Å². The Hall–Kier alpha value is -1.28. The number of thioether (sulfide) groups is 2. The molecule has 1 aromatic rings. The van der Waals surface area contributed by atoms with Crippen LogP contribution in [0.4, 0.5) is 26.3 Å². The third kappa shape index (κ3) is 8.51. The molecule has 0 unspecified atom stereocenters. The smallest absolute Gasteiger partial charge is 0.422 e. The number of rotatable bonds is 6. The van der Waals surface area contributed by atoms with Gasteiger partial charge in [-0.15, -0.1) is 27.9 Å². The van der Waals surface area contributed by atoms with E-state index in [1.165, 1.54) is 12.5 Å². The zero-order valence-electron chi connectivity index (χ0n) is 13.7. The van der Waals surface area contributed by atoms with E-state index in [1.54, 1.807) is 0 Å². The minimum absolute atomic E-state index is 0.0679. The van der Waals surface area contributed by atoms with Crippen LogP contribution in [-0.2, 0) is 10.0 Å². The lowest BCUT2D eigenvalue weighted by Gasteiger charge is -2.14. The number of halogens is 6. The largest absolute Gasteiger partial charge is 0.484 e. The quantitative estimate of drug-likeness (QED) is 0.360. The van der Waals surface area contributed by atoms with Crippen molar-refractivity contribution in [1.82, 2.24) is 0 Å². The fourth-order valence-electron chi connectivity index (χ4n) is 1.53. The molecule has 27 heavy (non-hydrogen) atoms. The third-order valence-electron chi connectivity index (χ3n) is 2.53. The molecule has 0 N–H and O–H groups in total. The predicted octanol–water partition coefficient (Wildman–Crippen LogP) is 4.34. The lowest BCUT2D eigenvalue weighted by atomic mass is 10.3. The second kappa shape index (κ2) is 9.28. The first kappa shape index (κ1) is 23.8. The van der Waals surface area contributed by atoms with Crippen molar-refractivity contribution in [2.75, 3.05) is 25.7 Å². The molecule has 0 amide bonds. The molecule has 0 atom stereocenters. The third-order valence-corrected chi connectivity index (χ3v) is 5.94. The number of benzene rings is 1. The zero-order chi connectivity index (χ0) is 20.9. The van der Waals surface area contributed by atoms with Gasteiger partial charge >= 0.3 is 12.4 Å². The maximum absolute atomic E-state index is 12.4. The normalized spacial score (nSPS) is 12.6. The van der Waals surface area contributed by atoms with Crippen LogP contribution >= 0.6 is 23.5 Å². The van der Waals surface area contributed by atoms with Crippen molar-refractivity contribution in [3.8, 4) is 11.5 Å². The van der Waals surface area contributed by atoms with E-state index < -0.39 is 52.0 Å². The summed E-state index contributed by atoms with van der Waals surface area (Å²) in [5, 5.41) is 0. The van der Waals surface area contributed by atoms with Crippen molar-refractivity contribution < 1.29 is 44.2 Å². The molecule has 0 aliphatic carbocycles. The van der Waals surface area contributed by atoms with E-state index in [-0.39, 0.29) is 4.38 Å². The molecular formula is C13H13F6NO4S3. The monoisotopic (exact) mass is 457 g/mol. The van der Waals surface area contributed by atoms with Crippen LogP contribution in [0.25, 0.3) is 0 Å². The van der Waals surface area contributed by atoms with Gasteiger partial charge in [0.2, 0.25) is 0 Å². The van der Waals surface area contributed by atoms with E-state index in [2.05, 4.69) is 13.9 Å². The molecule has 0 aliphatic heterocycles. The number of hydrogen-bond donors (Lipinski definition) is 0. The molecule has 0 spiro atoms. The Balaban J connectivity index is 3.33. The zero-order valence-corrected chi connectivity index (χ0v) is 16.2. The van der Waals surface area contributed by atoms with Crippen LogP contribution in [0.15, 0.2) is 27.5 Å². The van der Waals surface area contributed by atoms with Crippen LogP contribution < -0.4 is 9.47 Å². The van der Waals surface area contributed by atoms with Crippen molar-refractivity contribution in [2.45, 2.75) is 17.2 Å². The van der Waals surface area contributed by atoms with Gasteiger partial charge < -0.3 is 9.47 Å². The molecule has 14 heteroatoms. The Bertz CT molecular complexity index is 771. The summed E-state index contributed by atoms with van der Waals surface area (Å²) in [6.45, 7) is -3.50. The standard InChI is InChI=1S/C13H13F6NO4S3/c1-25-11(26-2)20-27(21,22)10-5-8(23-6-12(14,15)16)3-4-9(10)24-7-13(17,18)19/h3-5H,6-7H2,1-2H3. The Morgan fingerprint density at radius 2 is 1.52 bits per heavy atom. The first-order valence-electron chi connectivity index (χ1n) is 6.73. The molecular weight excluding hydrogens is 444 g/mol. The molecule has 1 rings (SSSR count). The Kier molecular flexibility index (Phi) is 8.16. The van der Waals surface area contributed by atoms with Gasteiger partial charge in [-0.25, -0.2) is 0 Å². The van der Waals surface area contributed by atoms with Crippen molar-refractivity contribution >= 4 is 37.9 Å². The summed E-state index contributed by atoms with van der Waals surface area (Å²) in [4.78, 5) is -0.841. The number of sulfonamides is 1. The number of nitrogens with zero attached hydrogens (tertiary/aromatic N) is 1. The van der Waals surface area contributed by atoms with Gasteiger partial charge in [-0.2, -0.15) is 34.8 Å². The Morgan fingerprint density at radius 1 is 1.00 bits per heavy atom. The molecule has 0 saturated heterocycles. The minimum atomic E-state index is -4.75. The SMILES string of the molecule is CSC(=NS(=O)(=O)c1cc(OCC(F)(F)F)ccc1OCC(F)(F)F)SC. The summed E-state index contributed by atoms with van der Waals surface area (Å²) in [5.74, 6) is -1.23. The first-order chi connectivity index (χ1) is 12.3. The van der Waals surface area contributed by atoms with Crippen molar-refractivity contribution in [2.24, 2.45) is 4.40 Å². The highest BCUT2D eigenvalue weighted by atomic mass is 32.2. The van der Waals surface area contributed by atoms with Gasteiger partial charge in [-0.3, -0.25) is 0 Å². The minimum Gasteiger partial charge on any atom is -0.484 e. The fourth-order valence-corrected chi connectivity index (χ4v) is 4.32. The van der Waals surface area contributed by atoms with E-state index in [0.717, 1.165) is 35.7 Å². The molecule has 0 saturated carbocycles. The van der Waals surface area contributed by atoms with Gasteiger partial charge in [0, 0.05) is 6.07 Å². The summed E-state index contributed by atoms with van der Waals surface area (Å²) in [7, 11) is -4.57. The highest BCUT2D eigenvalue weighted by molar-refractivity contribution is 8.38.